The standard InChI is InChI=1S/C20H24N2O5/c1-14(23)15-3-2-4-16(13-15)21-17(24)19(5-6-19)18(25)22-9-7-20(8-10-22)26-11-12-27-20/h2-4,13H,5-12H2,1H3,(H,21,24). The summed E-state index contributed by atoms with van der Waals surface area (Å²) in [5.74, 6) is -1.01. The lowest BCUT2D eigenvalue weighted by molar-refractivity contribution is -0.188. The minimum Gasteiger partial charge on any atom is -0.347 e. The van der Waals surface area contributed by atoms with Crippen molar-refractivity contribution in [3.63, 3.8) is 0 Å². The van der Waals surface area contributed by atoms with Gasteiger partial charge in [0.25, 0.3) is 0 Å². The van der Waals surface area contributed by atoms with Crippen molar-refractivity contribution in [3.05, 3.63) is 29.8 Å². The zero-order chi connectivity index (χ0) is 19.1. The summed E-state index contributed by atoms with van der Waals surface area (Å²) < 4.78 is 11.4. The van der Waals surface area contributed by atoms with Crippen molar-refractivity contribution in [2.45, 2.75) is 38.4 Å². The van der Waals surface area contributed by atoms with Gasteiger partial charge in [0.15, 0.2) is 11.6 Å². The van der Waals surface area contributed by atoms with Crippen molar-refractivity contribution >= 4 is 23.3 Å². The van der Waals surface area contributed by atoms with E-state index in [9.17, 15) is 14.4 Å². The van der Waals surface area contributed by atoms with Crippen LogP contribution in [0.5, 0.6) is 0 Å². The van der Waals surface area contributed by atoms with E-state index in [0.29, 0.717) is 63.2 Å². The number of piperidine rings is 1. The summed E-state index contributed by atoms with van der Waals surface area (Å²) in [6, 6.07) is 6.79. The van der Waals surface area contributed by atoms with E-state index in [-0.39, 0.29) is 17.6 Å². The van der Waals surface area contributed by atoms with Crippen LogP contribution in [0.1, 0.15) is 43.0 Å². The molecule has 1 spiro atoms. The third-order valence-electron chi connectivity index (χ3n) is 5.75. The van der Waals surface area contributed by atoms with Crippen LogP contribution in [0.3, 0.4) is 0 Å². The van der Waals surface area contributed by atoms with E-state index in [4.69, 9.17) is 9.47 Å². The minimum absolute atomic E-state index is 0.0677. The Balaban J connectivity index is 1.41. The zero-order valence-corrected chi connectivity index (χ0v) is 15.5. The molecule has 0 aromatic heterocycles. The molecule has 2 saturated heterocycles. The van der Waals surface area contributed by atoms with E-state index in [1.54, 1.807) is 29.2 Å². The van der Waals surface area contributed by atoms with Crippen molar-refractivity contribution in [1.82, 2.24) is 4.90 Å². The minimum atomic E-state index is -0.978. The number of ether oxygens (including phenoxy) is 2. The number of hydrogen-bond donors (Lipinski definition) is 1. The van der Waals surface area contributed by atoms with Gasteiger partial charge < -0.3 is 19.7 Å². The van der Waals surface area contributed by atoms with Gasteiger partial charge in [0.05, 0.1) is 13.2 Å². The Hall–Kier alpha value is -2.25. The molecular weight excluding hydrogens is 348 g/mol. The molecule has 7 nitrogen and oxygen atoms in total. The van der Waals surface area contributed by atoms with Crippen LogP contribution in [0, 0.1) is 5.41 Å². The van der Waals surface area contributed by atoms with Gasteiger partial charge in [0.2, 0.25) is 11.8 Å². The molecule has 2 amide bonds. The Labute approximate surface area is 158 Å². The SMILES string of the molecule is CC(=O)c1cccc(NC(=O)C2(C(=O)N3CCC4(CC3)OCCO4)CC2)c1. The van der Waals surface area contributed by atoms with Gasteiger partial charge in [0, 0.05) is 37.2 Å². The molecule has 144 valence electrons. The van der Waals surface area contributed by atoms with Gasteiger partial charge in [-0.05, 0) is 31.9 Å². The lowest BCUT2D eigenvalue weighted by Crippen LogP contribution is -2.51. The van der Waals surface area contributed by atoms with Crippen molar-refractivity contribution in [2.75, 3.05) is 31.6 Å². The maximum atomic E-state index is 13.0. The number of nitrogens with one attached hydrogen (secondary N) is 1. The molecule has 7 heteroatoms. The second kappa shape index (κ2) is 6.73. The molecule has 1 saturated carbocycles. The maximum absolute atomic E-state index is 13.0. The molecule has 4 rings (SSSR count). The van der Waals surface area contributed by atoms with E-state index in [1.165, 1.54) is 6.92 Å². The molecule has 2 heterocycles. The lowest BCUT2D eigenvalue weighted by atomic mass is 9.98. The van der Waals surface area contributed by atoms with Crippen LogP contribution >= 0.6 is 0 Å². The fourth-order valence-corrected chi connectivity index (χ4v) is 3.87. The van der Waals surface area contributed by atoms with E-state index >= 15 is 0 Å². The molecule has 1 aromatic carbocycles. The smallest absolute Gasteiger partial charge is 0.240 e. The third kappa shape index (κ3) is 3.37. The molecule has 0 unspecified atom stereocenters. The number of carbonyl (C=O) groups is 3. The fourth-order valence-electron chi connectivity index (χ4n) is 3.87. The highest BCUT2D eigenvalue weighted by atomic mass is 16.7. The largest absolute Gasteiger partial charge is 0.347 e. The Morgan fingerprint density at radius 2 is 1.70 bits per heavy atom. The fraction of sp³-hybridized carbons (Fsp3) is 0.550. The number of carbonyl (C=O) groups excluding carboxylic acids is 3. The summed E-state index contributed by atoms with van der Waals surface area (Å²) in [7, 11) is 0. The summed E-state index contributed by atoms with van der Waals surface area (Å²) in [4.78, 5) is 39.1. The monoisotopic (exact) mass is 372 g/mol. The normalized spacial score (nSPS) is 22.5. The summed E-state index contributed by atoms with van der Waals surface area (Å²) in [5.41, 5.74) is 0.0905. The van der Waals surface area contributed by atoms with Crippen LogP contribution in [-0.4, -0.2) is 54.6 Å². The lowest BCUT2D eigenvalue weighted by Gasteiger charge is -2.38. The number of hydrogen-bond acceptors (Lipinski definition) is 5. The first-order valence-electron chi connectivity index (χ1n) is 9.44. The Kier molecular flexibility index (Phi) is 4.52. The van der Waals surface area contributed by atoms with Gasteiger partial charge >= 0.3 is 0 Å². The first kappa shape index (κ1) is 18.1. The van der Waals surface area contributed by atoms with Crippen molar-refractivity contribution in [2.24, 2.45) is 5.41 Å². The van der Waals surface area contributed by atoms with Gasteiger partial charge in [-0.2, -0.15) is 0 Å². The van der Waals surface area contributed by atoms with E-state index in [1.807, 2.05) is 0 Å². The average molecular weight is 372 g/mol. The molecule has 0 bridgehead atoms. The highest BCUT2D eigenvalue weighted by molar-refractivity contribution is 6.13. The molecule has 1 aromatic rings. The quantitative estimate of drug-likeness (QED) is 0.645. The van der Waals surface area contributed by atoms with Crippen molar-refractivity contribution < 1.29 is 23.9 Å². The van der Waals surface area contributed by atoms with Gasteiger partial charge in [0.1, 0.15) is 5.41 Å². The number of rotatable bonds is 4. The van der Waals surface area contributed by atoms with Gasteiger partial charge in [-0.3, -0.25) is 14.4 Å². The first-order valence-corrected chi connectivity index (χ1v) is 9.44. The van der Waals surface area contributed by atoms with Crippen molar-refractivity contribution in [1.29, 1.82) is 0 Å². The predicted molar refractivity (Wildman–Crippen MR) is 97.2 cm³/mol. The second-order valence-electron chi connectivity index (χ2n) is 7.57. The summed E-state index contributed by atoms with van der Waals surface area (Å²) in [6.07, 6.45) is 2.38. The first-order chi connectivity index (χ1) is 12.9. The number of anilines is 1. The zero-order valence-electron chi connectivity index (χ0n) is 15.5. The molecule has 1 aliphatic carbocycles. The number of likely N-dealkylation sites (tertiary alicyclic amines) is 1. The van der Waals surface area contributed by atoms with E-state index in [0.717, 1.165) is 0 Å². The Morgan fingerprint density at radius 1 is 1.04 bits per heavy atom. The summed E-state index contributed by atoms with van der Waals surface area (Å²) >= 11 is 0. The van der Waals surface area contributed by atoms with Crippen LogP contribution in [0.2, 0.25) is 0 Å². The number of nitrogens with zero attached hydrogens (tertiary/aromatic N) is 1. The predicted octanol–water partition coefficient (Wildman–Crippen LogP) is 1.97. The topological polar surface area (TPSA) is 84.9 Å². The van der Waals surface area contributed by atoms with Crippen LogP contribution in [0.15, 0.2) is 24.3 Å². The third-order valence-corrected chi connectivity index (χ3v) is 5.75. The Bertz CT molecular complexity index is 770. The molecule has 1 N–H and O–H groups in total. The average Bonchev–Trinajstić information content (AvgIpc) is 3.37. The molecule has 3 fully saturated rings. The van der Waals surface area contributed by atoms with E-state index in [2.05, 4.69) is 5.32 Å². The van der Waals surface area contributed by atoms with E-state index < -0.39 is 11.2 Å². The second-order valence-corrected chi connectivity index (χ2v) is 7.57. The number of Topliss-reactive ketones (excluding diaryl/α,β-unsaturated/α-hetero) is 1. The number of amides is 2. The van der Waals surface area contributed by atoms with Gasteiger partial charge in [-0.15, -0.1) is 0 Å². The summed E-state index contributed by atoms with van der Waals surface area (Å²) in [5, 5.41) is 2.82. The molecule has 2 aliphatic heterocycles. The van der Waals surface area contributed by atoms with Crippen LogP contribution in [0.25, 0.3) is 0 Å². The van der Waals surface area contributed by atoms with Crippen LogP contribution in [0.4, 0.5) is 5.69 Å². The Morgan fingerprint density at radius 3 is 2.30 bits per heavy atom. The molecule has 27 heavy (non-hydrogen) atoms. The van der Waals surface area contributed by atoms with Gasteiger partial charge in [-0.25, -0.2) is 0 Å². The highest BCUT2D eigenvalue weighted by Gasteiger charge is 2.58. The van der Waals surface area contributed by atoms with Crippen LogP contribution < -0.4 is 5.32 Å². The maximum Gasteiger partial charge on any atom is 0.240 e. The summed E-state index contributed by atoms with van der Waals surface area (Å²) in [6.45, 7) is 3.74. The molecule has 0 radical (unpaired) electrons. The number of ketones is 1. The van der Waals surface area contributed by atoms with Crippen LogP contribution in [-0.2, 0) is 19.1 Å². The molecule has 3 aliphatic rings. The van der Waals surface area contributed by atoms with Gasteiger partial charge in [-0.1, -0.05) is 12.1 Å². The van der Waals surface area contributed by atoms with Crippen molar-refractivity contribution in [3.8, 4) is 0 Å². The molecule has 0 atom stereocenters. The number of benzene rings is 1. The highest BCUT2D eigenvalue weighted by Crippen LogP contribution is 2.49. The molecular formula is C20H24N2O5.